The molecule has 2 rings (SSSR count). The zero-order valence-corrected chi connectivity index (χ0v) is 11.1. The van der Waals surface area contributed by atoms with E-state index in [9.17, 15) is 0 Å². The summed E-state index contributed by atoms with van der Waals surface area (Å²) < 4.78 is 5.23. The quantitative estimate of drug-likeness (QED) is 0.779. The highest BCUT2D eigenvalue weighted by atomic mass is 35.5. The predicted molar refractivity (Wildman–Crippen MR) is 68.5 cm³/mol. The first-order valence-corrected chi connectivity index (χ1v) is 6.99. The number of alkyl halides is 1. The molecule has 0 aromatic carbocycles. The van der Waals surface area contributed by atoms with E-state index in [0.717, 1.165) is 30.5 Å². The van der Waals surface area contributed by atoms with Crippen molar-refractivity contribution in [2.45, 2.75) is 18.7 Å². The molecule has 1 unspecified atom stereocenters. The van der Waals surface area contributed by atoms with Gasteiger partial charge in [0.2, 0.25) is 0 Å². The van der Waals surface area contributed by atoms with E-state index in [2.05, 4.69) is 9.88 Å². The van der Waals surface area contributed by atoms with Crippen molar-refractivity contribution < 1.29 is 4.74 Å². The van der Waals surface area contributed by atoms with Crippen LogP contribution in [-0.4, -0.2) is 31.8 Å². The number of aromatic nitrogens is 1. The van der Waals surface area contributed by atoms with E-state index < -0.39 is 0 Å². The topological polar surface area (TPSA) is 25.4 Å². The van der Waals surface area contributed by atoms with Crippen molar-refractivity contribution in [3.63, 3.8) is 0 Å². The van der Waals surface area contributed by atoms with Crippen LogP contribution in [0.2, 0.25) is 0 Å². The fourth-order valence-corrected chi connectivity index (χ4v) is 3.20. The van der Waals surface area contributed by atoms with E-state index in [0.29, 0.717) is 11.8 Å². The van der Waals surface area contributed by atoms with Crippen molar-refractivity contribution in [2.24, 2.45) is 5.92 Å². The molecule has 0 amide bonds. The van der Waals surface area contributed by atoms with Gasteiger partial charge < -0.3 is 9.64 Å². The summed E-state index contributed by atoms with van der Waals surface area (Å²) >= 11 is 7.45. The van der Waals surface area contributed by atoms with Crippen molar-refractivity contribution in [1.82, 2.24) is 4.98 Å². The zero-order valence-electron chi connectivity index (χ0n) is 9.49. The van der Waals surface area contributed by atoms with Crippen LogP contribution in [0.4, 0.5) is 5.13 Å². The summed E-state index contributed by atoms with van der Waals surface area (Å²) in [6.07, 6.45) is 2.49. The van der Waals surface area contributed by atoms with E-state index in [-0.39, 0.29) is 0 Å². The molecule has 1 aliphatic rings. The molecule has 90 valence electrons. The highest BCUT2D eigenvalue weighted by Gasteiger charge is 2.21. The average Bonchev–Trinajstić information content (AvgIpc) is 2.78. The Bertz CT molecular complexity index is 330. The summed E-state index contributed by atoms with van der Waals surface area (Å²) in [7, 11) is 1.77. The molecule has 0 spiro atoms. The molecule has 1 atom stereocenters. The first kappa shape index (κ1) is 12.1. The second-order valence-corrected chi connectivity index (χ2v) is 5.27. The molecule has 0 radical (unpaired) electrons. The van der Waals surface area contributed by atoms with Crippen LogP contribution in [0.3, 0.4) is 0 Å². The molecule has 0 bridgehead atoms. The van der Waals surface area contributed by atoms with Crippen molar-refractivity contribution in [3.05, 3.63) is 11.1 Å². The van der Waals surface area contributed by atoms with Gasteiger partial charge in [-0.05, 0) is 18.8 Å². The lowest BCUT2D eigenvalue weighted by Crippen LogP contribution is -2.37. The van der Waals surface area contributed by atoms with Crippen molar-refractivity contribution in [3.8, 4) is 0 Å². The number of ether oxygens (including phenoxy) is 1. The van der Waals surface area contributed by atoms with Crippen molar-refractivity contribution >= 4 is 28.1 Å². The lowest BCUT2D eigenvalue weighted by atomic mass is 9.99. The monoisotopic (exact) mass is 260 g/mol. The molecule has 2 heterocycles. The Labute approximate surface area is 105 Å². The Hall–Kier alpha value is -0.320. The second-order valence-electron chi connectivity index (χ2n) is 4.16. The number of rotatable bonds is 4. The summed E-state index contributed by atoms with van der Waals surface area (Å²) in [5, 5.41) is 3.15. The molecule has 3 nitrogen and oxygen atoms in total. The smallest absolute Gasteiger partial charge is 0.185 e. The molecule has 5 heteroatoms. The van der Waals surface area contributed by atoms with Crippen LogP contribution in [0.5, 0.6) is 0 Å². The first-order valence-electron chi connectivity index (χ1n) is 5.57. The van der Waals surface area contributed by atoms with Gasteiger partial charge in [-0.15, -0.1) is 22.9 Å². The lowest BCUT2D eigenvalue weighted by molar-refractivity contribution is 0.143. The van der Waals surface area contributed by atoms with Crippen LogP contribution in [-0.2, 0) is 10.6 Å². The molecule has 1 aromatic rings. The van der Waals surface area contributed by atoms with E-state index in [1.54, 1.807) is 18.4 Å². The summed E-state index contributed by atoms with van der Waals surface area (Å²) in [5.74, 6) is 1.15. The maximum Gasteiger partial charge on any atom is 0.185 e. The Morgan fingerprint density at radius 2 is 2.56 bits per heavy atom. The Kier molecular flexibility index (Phi) is 4.44. The Balaban J connectivity index is 1.98. The number of hydrogen-bond donors (Lipinski definition) is 0. The van der Waals surface area contributed by atoms with Gasteiger partial charge in [-0.2, -0.15) is 0 Å². The molecule has 16 heavy (non-hydrogen) atoms. The molecule has 0 N–H and O–H groups in total. The van der Waals surface area contributed by atoms with Crippen LogP contribution >= 0.6 is 22.9 Å². The number of thiazole rings is 1. The van der Waals surface area contributed by atoms with E-state index >= 15 is 0 Å². The highest BCUT2D eigenvalue weighted by molar-refractivity contribution is 7.13. The molecular weight excluding hydrogens is 244 g/mol. The Morgan fingerprint density at radius 1 is 1.69 bits per heavy atom. The summed E-state index contributed by atoms with van der Waals surface area (Å²) in [6, 6.07) is 0. The molecule has 0 aliphatic carbocycles. The molecule has 1 aromatic heterocycles. The van der Waals surface area contributed by atoms with Gasteiger partial charge in [0.15, 0.2) is 5.13 Å². The minimum atomic E-state index is 0.506. The minimum Gasteiger partial charge on any atom is -0.384 e. The van der Waals surface area contributed by atoms with Gasteiger partial charge >= 0.3 is 0 Å². The van der Waals surface area contributed by atoms with Gasteiger partial charge in [0.25, 0.3) is 0 Å². The predicted octanol–water partition coefficient (Wildman–Crippen LogP) is 2.74. The number of piperidine rings is 1. The van der Waals surface area contributed by atoms with E-state index in [4.69, 9.17) is 16.3 Å². The minimum absolute atomic E-state index is 0.506. The maximum absolute atomic E-state index is 5.76. The van der Waals surface area contributed by atoms with Crippen LogP contribution in [0.1, 0.15) is 18.5 Å². The number of hydrogen-bond acceptors (Lipinski definition) is 4. The standard InChI is InChI=1S/C11H17ClN2OS/c1-15-7-9-3-2-4-14(6-9)11-13-10(5-12)8-16-11/h8-9H,2-7H2,1H3. The number of nitrogens with zero attached hydrogens (tertiary/aromatic N) is 2. The summed E-state index contributed by atoms with van der Waals surface area (Å²) in [6.45, 7) is 3.02. The number of halogens is 1. The molecule has 1 saturated heterocycles. The van der Waals surface area contributed by atoms with Gasteiger partial charge in [-0.3, -0.25) is 0 Å². The number of methoxy groups -OCH3 is 1. The molecular formula is C11H17ClN2OS. The van der Waals surface area contributed by atoms with E-state index in [1.807, 2.05) is 5.38 Å². The van der Waals surface area contributed by atoms with E-state index in [1.165, 1.54) is 12.8 Å². The van der Waals surface area contributed by atoms with Gasteiger partial charge in [0, 0.05) is 25.6 Å². The zero-order chi connectivity index (χ0) is 11.4. The van der Waals surface area contributed by atoms with Gasteiger partial charge in [0.05, 0.1) is 18.2 Å². The third-order valence-corrected chi connectivity index (χ3v) is 4.09. The third-order valence-electron chi connectivity index (χ3n) is 2.87. The van der Waals surface area contributed by atoms with Crippen LogP contribution in [0, 0.1) is 5.92 Å². The summed E-state index contributed by atoms with van der Waals surface area (Å²) in [5.41, 5.74) is 0.982. The largest absolute Gasteiger partial charge is 0.384 e. The highest BCUT2D eigenvalue weighted by Crippen LogP contribution is 2.26. The van der Waals surface area contributed by atoms with Crippen molar-refractivity contribution in [1.29, 1.82) is 0 Å². The van der Waals surface area contributed by atoms with Gasteiger partial charge in [-0.1, -0.05) is 0 Å². The molecule has 1 aliphatic heterocycles. The number of anilines is 1. The SMILES string of the molecule is COCC1CCCN(c2nc(CCl)cs2)C1. The fourth-order valence-electron chi connectivity index (χ4n) is 2.11. The molecule has 0 saturated carbocycles. The van der Waals surface area contributed by atoms with Crippen molar-refractivity contribution in [2.75, 3.05) is 31.7 Å². The normalized spacial score (nSPS) is 21.4. The van der Waals surface area contributed by atoms with Crippen LogP contribution in [0.25, 0.3) is 0 Å². The molecule has 1 fully saturated rings. The van der Waals surface area contributed by atoms with Crippen LogP contribution < -0.4 is 4.90 Å². The Morgan fingerprint density at radius 3 is 3.25 bits per heavy atom. The average molecular weight is 261 g/mol. The third kappa shape index (κ3) is 2.87. The lowest BCUT2D eigenvalue weighted by Gasteiger charge is -2.32. The second kappa shape index (κ2) is 5.84. The van der Waals surface area contributed by atoms with Gasteiger partial charge in [-0.25, -0.2) is 4.98 Å². The van der Waals surface area contributed by atoms with Crippen LogP contribution in [0.15, 0.2) is 5.38 Å². The maximum atomic E-state index is 5.76. The summed E-state index contributed by atoms with van der Waals surface area (Å²) in [4.78, 5) is 6.87. The van der Waals surface area contributed by atoms with Gasteiger partial charge in [0.1, 0.15) is 0 Å². The fraction of sp³-hybridized carbons (Fsp3) is 0.727. The first-order chi connectivity index (χ1) is 7.83.